The summed E-state index contributed by atoms with van der Waals surface area (Å²) in [4.78, 5) is 14.0. The fourth-order valence-corrected chi connectivity index (χ4v) is 1.44. The lowest BCUT2D eigenvalue weighted by Gasteiger charge is -1.95. The van der Waals surface area contributed by atoms with Gasteiger partial charge in [-0.05, 0) is 19.1 Å². The Bertz CT molecular complexity index is 473. The van der Waals surface area contributed by atoms with Gasteiger partial charge in [-0.3, -0.25) is 0 Å². The van der Waals surface area contributed by atoms with Gasteiger partial charge in [-0.15, -0.1) is 0 Å². The van der Waals surface area contributed by atoms with Crippen molar-refractivity contribution in [1.82, 2.24) is 4.98 Å². The van der Waals surface area contributed by atoms with Crippen LogP contribution in [0.1, 0.15) is 15.9 Å². The van der Waals surface area contributed by atoms with Gasteiger partial charge in [-0.25, -0.2) is 0 Å². The number of aromatic amines is 1. The van der Waals surface area contributed by atoms with Gasteiger partial charge in [0.1, 0.15) is 5.68 Å². The lowest BCUT2D eigenvalue weighted by molar-refractivity contribution is 0.108. The van der Waals surface area contributed by atoms with E-state index in [2.05, 4.69) is 4.98 Å². The molecule has 0 saturated carbocycles. The molecule has 0 fully saturated rings. The Labute approximate surface area is 77.4 Å². The molecule has 62 valence electrons. The van der Waals surface area contributed by atoms with Crippen molar-refractivity contribution in [2.24, 2.45) is 0 Å². The van der Waals surface area contributed by atoms with Gasteiger partial charge in [-0.2, -0.15) is 0 Å². The Balaban J connectivity index is 2.79. The van der Waals surface area contributed by atoms with Crippen LogP contribution in [0.5, 0.6) is 0 Å². The first-order valence-electron chi connectivity index (χ1n) is 4.06. The normalized spacial score (nSPS) is 10.5. The molecule has 1 aromatic heterocycles. The van der Waals surface area contributed by atoms with Crippen LogP contribution in [0.25, 0.3) is 10.9 Å². The van der Waals surface area contributed by atoms with Gasteiger partial charge in [0.15, 0.2) is 7.85 Å². The van der Waals surface area contributed by atoms with Crippen molar-refractivity contribution < 1.29 is 4.79 Å². The first kappa shape index (κ1) is 8.11. The first-order valence-corrected chi connectivity index (χ1v) is 4.06. The van der Waals surface area contributed by atoms with E-state index in [1.54, 1.807) is 6.20 Å². The van der Waals surface area contributed by atoms with Crippen LogP contribution in [-0.4, -0.2) is 18.5 Å². The molecule has 3 heteroatoms. The molecule has 0 unspecified atom stereocenters. The molecule has 2 nitrogen and oxygen atoms in total. The van der Waals surface area contributed by atoms with Crippen LogP contribution in [0.3, 0.4) is 0 Å². The minimum Gasteiger partial charge on any atom is -0.360 e. The number of fused-ring (bicyclic) bond motifs is 1. The summed E-state index contributed by atoms with van der Waals surface area (Å²) in [5.74, 6) is 0. The fourth-order valence-electron chi connectivity index (χ4n) is 1.44. The summed E-state index contributed by atoms with van der Waals surface area (Å²) in [7, 11) is 5.22. The van der Waals surface area contributed by atoms with E-state index in [1.165, 1.54) is 0 Å². The molecule has 2 rings (SSSR count). The van der Waals surface area contributed by atoms with Crippen molar-refractivity contribution in [2.75, 3.05) is 0 Å². The second-order valence-corrected chi connectivity index (χ2v) is 3.12. The van der Waals surface area contributed by atoms with E-state index < -0.39 is 5.68 Å². The van der Waals surface area contributed by atoms with Gasteiger partial charge in [-0.1, -0.05) is 11.6 Å². The lowest BCUT2D eigenvalue weighted by atomic mass is 9.94. The molecule has 0 bridgehead atoms. The van der Waals surface area contributed by atoms with Crippen molar-refractivity contribution in [1.29, 1.82) is 0 Å². The highest BCUT2D eigenvalue weighted by Gasteiger charge is 2.06. The molecule has 0 amide bonds. The number of benzene rings is 1. The van der Waals surface area contributed by atoms with E-state index in [-0.39, 0.29) is 0 Å². The number of aromatic nitrogens is 1. The van der Waals surface area contributed by atoms with Crippen molar-refractivity contribution in [3.8, 4) is 0 Å². The molecular weight excluding hydrogens is 161 g/mol. The molecule has 1 N–H and O–H groups in total. The van der Waals surface area contributed by atoms with E-state index in [1.807, 2.05) is 25.1 Å². The zero-order chi connectivity index (χ0) is 9.42. The highest BCUT2D eigenvalue weighted by Crippen LogP contribution is 2.19. The molecule has 1 aromatic carbocycles. The quantitative estimate of drug-likeness (QED) is 0.648. The highest BCUT2D eigenvalue weighted by atomic mass is 16.1. The zero-order valence-electron chi connectivity index (χ0n) is 7.29. The third kappa shape index (κ3) is 1.26. The number of carbonyl (C=O) groups excluding carboxylic acids is 1. The first-order chi connectivity index (χ1) is 6.18. The molecule has 2 radical (unpaired) electrons. The summed E-state index contributed by atoms with van der Waals surface area (Å²) in [6.45, 7) is 1.98. The Kier molecular flexibility index (Phi) is 1.73. The second-order valence-electron chi connectivity index (χ2n) is 3.12. The number of aryl methyl sites for hydroxylation is 1. The predicted molar refractivity (Wildman–Crippen MR) is 53.1 cm³/mol. The van der Waals surface area contributed by atoms with E-state index >= 15 is 0 Å². The summed E-state index contributed by atoms with van der Waals surface area (Å²) < 4.78 is 0. The van der Waals surface area contributed by atoms with Crippen molar-refractivity contribution in [3.05, 3.63) is 35.5 Å². The van der Waals surface area contributed by atoms with Gasteiger partial charge in [0.05, 0.1) is 0 Å². The number of H-pyrrole nitrogens is 1. The molecule has 0 saturated heterocycles. The molecular formula is C10H8BNO. The predicted octanol–water partition coefficient (Wildman–Crippen LogP) is 1.79. The molecule has 0 atom stereocenters. The maximum Gasteiger partial charge on any atom is 0.175 e. The number of carbonyl (C=O) groups is 1. The topological polar surface area (TPSA) is 32.9 Å². The van der Waals surface area contributed by atoms with E-state index in [4.69, 9.17) is 7.85 Å². The van der Waals surface area contributed by atoms with E-state index in [0.717, 1.165) is 16.5 Å². The van der Waals surface area contributed by atoms with Crippen molar-refractivity contribution in [3.63, 3.8) is 0 Å². The van der Waals surface area contributed by atoms with Crippen LogP contribution in [0.4, 0.5) is 0 Å². The summed E-state index contributed by atoms with van der Waals surface area (Å²) in [5.41, 5.74) is 2.23. The van der Waals surface area contributed by atoms with Crippen LogP contribution in [0, 0.1) is 6.92 Å². The molecule has 0 aliphatic heterocycles. The van der Waals surface area contributed by atoms with Gasteiger partial charge < -0.3 is 9.78 Å². The second kappa shape index (κ2) is 2.77. The number of nitrogens with one attached hydrogen (secondary N) is 1. The molecule has 0 aliphatic rings. The Morgan fingerprint density at radius 3 is 2.92 bits per heavy atom. The average molecular weight is 169 g/mol. The smallest absolute Gasteiger partial charge is 0.175 e. The third-order valence-electron chi connectivity index (χ3n) is 2.10. The highest BCUT2D eigenvalue weighted by molar-refractivity contribution is 6.63. The summed E-state index contributed by atoms with van der Waals surface area (Å²) >= 11 is 0. The summed E-state index contributed by atoms with van der Waals surface area (Å²) in [6, 6.07) is 5.88. The molecule has 0 aliphatic carbocycles. The fraction of sp³-hybridized carbons (Fsp3) is 0.100. The maximum absolute atomic E-state index is 11.0. The standard InChI is InChI=1S/C10H8BNO/c1-6-2-3-9-7(4-6)8(5-12-9)10(11)13/h2-5,12H,1H3. The van der Waals surface area contributed by atoms with E-state index in [9.17, 15) is 4.79 Å². The van der Waals surface area contributed by atoms with Crippen LogP contribution in [0.2, 0.25) is 0 Å². The van der Waals surface area contributed by atoms with E-state index in [0.29, 0.717) is 5.56 Å². The van der Waals surface area contributed by atoms with Gasteiger partial charge in [0.25, 0.3) is 0 Å². The third-order valence-corrected chi connectivity index (χ3v) is 2.10. The SMILES string of the molecule is [B]C(=O)c1c[nH]c2ccc(C)cc12. The number of rotatable bonds is 1. The van der Waals surface area contributed by atoms with Crippen LogP contribution >= 0.6 is 0 Å². The van der Waals surface area contributed by atoms with Gasteiger partial charge >= 0.3 is 0 Å². The molecule has 1 heterocycles. The van der Waals surface area contributed by atoms with Crippen molar-refractivity contribution >= 4 is 24.4 Å². The minimum atomic E-state index is -0.392. The number of hydrogen-bond donors (Lipinski definition) is 1. The zero-order valence-corrected chi connectivity index (χ0v) is 7.29. The minimum absolute atomic E-state index is 0.392. The summed E-state index contributed by atoms with van der Waals surface area (Å²) in [6.07, 6.45) is 1.65. The Hall–Kier alpha value is -1.51. The molecule has 13 heavy (non-hydrogen) atoms. The molecule has 0 spiro atoms. The number of hydrogen-bond acceptors (Lipinski definition) is 1. The van der Waals surface area contributed by atoms with Gasteiger partial charge in [0.2, 0.25) is 0 Å². The Morgan fingerprint density at radius 2 is 2.23 bits per heavy atom. The van der Waals surface area contributed by atoms with Crippen LogP contribution in [0.15, 0.2) is 24.4 Å². The monoisotopic (exact) mass is 169 g/mol. The summed E-state index contributed by atoms with van der Waals surface area (Å²) in [5, 5.41) is 0.896. The molecule has 2 aromatic rings. The lowest BCUT2D eigenvalue weighted by Crippen LogP contribution is -1.94. The largest absolute Gasteiger partial charge is 0.360 e. The van der Waals surface area contributed by atoms with Crippen LogP contribution < -0.4 is 0 Å². The van der Waals surface area contributed by atoms with Gasteiger partial charge in [0, 0.05) is 22.7 Å². The Morgan fingerprint density at radius 1 is 1.46 bits per heavy atom. The van der Waals surface area contributed by atoms with Crippen LogP contribution in [-0.2, 0) is 0 Å². The van der Waals surface area contributed by atoms with Crippen molar-refractivity contribution in [2.45, 2.75) is 6.92 Å². The average Bonchev–Trinajstić information content (AvgIpc) is 2.46. The maximum atomic E-state index is 11.0.